The quantitative estimate of drug-likeness (QED) is 0.579. The summed E-state index contributed by atoms with van der Waals surface area (Å²) < 4.78 is 2.06. The highest BCUT2D eigenvalue weighted by Gasteiger charge is 2.17. The summed E-state index contributed by atoms with van der Waals surface area (Å²) in [5, 5.41) is 15.1. The van der Waals surface area contributed by atoms with E-state index in [1.807, 2.05) is 31.4 Å². The Balaban J connectivity index is 1.70. The highest BCUT2D eigenvalue weighted by Crippen LogP contribution is 2.27. The Morgan fingerprint density at radius 2 is 1.96 bits per heavy atom. The summed E-state index contributed by atoms with van der Waals surface area (Å²) in [6, 6.07) is 8.29. The maximum Gasteiger partial charge on any atom is 0.270 e. The average Bonchev–Trinajstić information content (AvgIpc) is 3.27. The van der Waals surface area contributed by atoms with Crippen LogP contribution in [0.3, 0.4) is 0 Å². The van der Waals surface area contributed by atoms with Gasteiger partial charge in [0.05, 0.1) is 11.4 Å². The van der Waals surface area contributed by atoms with Crippen molar-refractivity contribution < 1.29 is 4.79 Å². The number of nitrogens with zero attached hydrogens (tertiary/aromatic N) is 4. The van der Waals surface area contributed by atoms with Gasteiger partial charge >= 0.3 is 0 Å². The molecule has 0 spiro atoms. The zero-order chi connectivity index (χ0) is 20.3. The minimum absolute atomic E-state index is 0.114. The molecule has 0 aliphatic rings. The molecule has 8 heteroatoms. The molecule has 0 aliphatic heterocycles. The van der Waals surface area contributed by atoms with E-state index in [2.05, 4.69) is 58.0 Å². The predicted molar refractivity (Wildman–Crippen MR) is 114 cm³/mol. The molecule has 1 N–H and O–H groups in total. The Hall–Kier alpha value is -2.19. The molecule has 28 heavy (non-hydrogen) atoms. The Morgan fingerprint density at radius 3 is 2.68 bits per heavy atom. The normalized spacial score (nSPS) is 12.4. The van der Waals surface area contributed by atoms with Gasteiger partial charge in [0.15, 0.2) is 5.16 Å². The highest BCUT2D eigenvalue weighted by molar-refractivity contribution is 7.98. The molecule has 0 fully saturated rings. The number of carbonyl (C=O) groups is 1. The molecule has 1 amide bonds. The highest BCUT2D eigenvalue weighted by atomic mass is 32.2. The molecule has 3 rings (SSSR count). The lowest BCUT2D eigenvalue weighted by molar-refractivity contribution is 0.0926. The fraction of sp³-hybridized carbons (Fsp3) is 0.400. The smallest absolute Gasteiger partial charge is 0.270 e. The van der Waals surface area contributed by atoms with E-state index < -0.39 is 0 Å². The molecule has 1 aromatic carbocycles. The van der Waals surface area contributed by atoms with Crippen LogP contribution >= 0.6 is 23.1 Å². The van der Waals surface area contributed by atoms with E-state index >= 15 is 0 Å². The van der Waals surface area contributed by atoms with Crippen molar-refractivity contribution in [1.82, 2.24) is 25.1 Å². The van der Waals surface area contributed by atoms with Crippen molar-refractivity contribution in [2.24, 2.45) is 5.92 Å². The van der Waals surface area contributed by atoms with Crippen LogP contribution < -0.4 is 5.32 Å². The first-order valence-corrected chi connectivity index (χ1v) is 11.1. The lowest BCUT2D eigenvalue weighted by atomic mass is 10.1. The minimum Gasteiger partial charge on any atom is -0.348 e. The van der Waals surface area contributed by atoms with Crippen LogP contribution in [0.2, 0.25) is 0 Å². The zero-order valence-electron chi connectivity index (χ0n) is 16.8. The van der Waals surface area contributed by atoms with Crippen molar-refractivity contribution in [1.29, 1.82) is 0 Å². The SMILES string of the molecule is Cc1ccccc1-n1c(C)nnc1SCc1nc(C(=O)NC(C)C(C)C)cs1. The van der Waals surface area contributed by atoms with E-state index in [1.54, 1.807) is 11.8 Å². The third-order valence-electron chi connectivity index (χ3n) is 4.62. The molecular formula is C20H25N5OS2. The van der Waals surface area contributed by atoms with Crippen LogP contribution in [-0.4, -0.2) is 31.7 Å². The van der Waals surface area contributed by atoms with Gasteiger partial charge in [-0.25, -0.2) is 4.98 Å². The van der Waals surface area contributed by atoms with Gasteiger partial charge in [0.1, 0.15) is 16.5 Å². The number of carbonyl (C=O) groups excluding carboxylic acids is 1. The molecule has 0 saturated carbocycles. The van der Waals surface area contributed by atoms with Crippen molar-refractivity contribution in [2.75, 3.05) is 0 Å². The van der Waals surface area contributed by atoms with E-state index in [-0.39, 0.29) is 11.9 Å². The summed E-state index contributed by atoms with van der Waals surface area (Å²) in [6.45, 7) is 10.2. The maximum atomic E-state index is 12.3. The van der Waals surface area contributed by atoms with Gasteiger partial charge in [-0.1, -0.05) is 43.8 Å². The number of aryl methyl sites for hydroxylation is 2. The lowest BCUT2D eigenvalue weighted by Gasteiger charge is -2.16. The van der Waals surface area contributed by atoms with Gasteiger partial charge in [0.25, 0.3) is 5.91 Å². The molecule has 1 unspecified atom stereocenters. The Kier molecular flexibility index (Phi) is 6.51. The molecule has 0 saturated heterocycles. The number of amides is 1. The number of para-hydroxylation sites is 1. The third-order valence-corrected chi connectivity index (χ3v) is 6.59. The summed E-state index contributed by atoms with van der Waals surface area (Å²) in [4.78, 5) is 16.8. The van der Waals surface area contributed by atoms with Crippen molar-refractivity contribution in [2.45, 2.75) is 51.6 Å². The van der Waals surface area contributed by atoms with Crippen molar-refractivity contribution in [3.63, 3.8) is 0 Å². The van der Waals surface area contributed by atoms with Crippen LogP contribution in [0, 0.1) is 19.8 Å². The second kappa shape index (κ2) is 8.87. The van der Waals surface area contributed by atoms with Gasteiger partial charge in [-0.15, -0.1) is 21.5 Å². The fourth-order valence-corrected chi connectivity index (χ4v) is 4.37. The minimum atomic E-state index is -0.118. The van der Waals surface area contributed by atoms with Crippen molar-refractivity contribution in [3.05, 3.63) is 51.7 Å². The average molecular weight is 416 g/mol. The molecule has 6 nitrogen and oxygen atoms in total. The molecule has 1 atom stereocenters. The molecule has 0 bridgehead atoms. The molecule has 148 valence electrons. The van der Waals surface area contributed by atoms with Crippen molar-refractivity contribution >= 4 is 29.0 Å². The molecule has 0 aliphatic carbocycles. The van der Waals surface area contributed by atoms with Crippen LogP contribution in [0.15, 0.2) is 34.8 Å². The zero-order valence-corrected chi connectivity index (χ0v) is 18.4. The van der Waals surface area contributed by atoms with E-state index in [4.69, 9.17) is 0 Å². The molecule has 2 aromatic heterocycles. The van der Waals surface area contributed by atoms with Gasteiger partial charge in [0.2, 0.25) is 0 Å². The molecule has 2 heterocycles. The van der Waals surface area contributed by atoms with Crippen LogP contribution in [0.25, 0.3) is 5.69 Å². The van der Waals surface area contributed by atoms with Crippen LogP contribution in [-0.2, 0) is 5.75 Å². The number of aromatic nitrogens is 4. The van der Waals surface area contributed by atoms with E-state index in [1.165, 1.54) is 16.9 Å². The van der Waals surface area contributed by atoms with Crippen LogP contribution in [0.4, 0.5) is 0 Å². The summed E-state index contributed by atoms with van der Waals surface area (Å²) in [5.41, 5.74) is 2.72. The van der Waals surface area contributed by atoms with Gasteiger partial charge in [-0.3, -0.25) is 9.36 Å². The van der Waals surface area contributed by atoms with Crippen LogP contribution in [0.5, 0.6) is 0 Å². The first-order valence-electron chi connectivity index (χ1n) is 9.23. The predicted octanol–water partition coefficient (Wildman–Crippen LogP) is 4.41. The Morgan fingerprint density at radius 1 is 1.21 bits per heavy atom. The van der Waals surface area contributed by atoms with Gasteiger partial charge in [-0.05, 0) is 38.3 Å². The molecule has 0 radical (unpaired) electrons. The third kappa shape index (κ3) is 4.62. The Labute approximate surface area is 173 Å². The fourth-order valence-electron chi connectivity index (χ4n) is 2.58. The summed E-state index contributed by atoms with van der Waals surface area (Å²) in [7, 11) is 0. The monoisotopic (exact) mass is 415 g/mol. The van der Waals surface area contributed by atoms with Crippen molar-refractivity contribution in [3.8, 4) is 5.69 Å². The van der Waals surface area contributed by atoms with Gasteiger partial charge in [-0.2, -0.15) is 0 Å². The number of thiazole rings is 1. The van der Waals surface area contributed by atoms with Gasteiger partial charge in [0, 0.05) is 11.4 Å². The van der Waals surface area contributed by atoms with E-state index in [0.29, 0.717) is 17.4 Å². The topological polar surface area (TPSA) is 72.7 Å². The summed E-state index contributed by atoms with van der Waals surface area (Å²) in [6.07, 6.45) is 0. The molecule has 3 aromatic rings. The number of benzene rings is 1. The molecular weight excluding hydrogens is 390 g/mol. The standard InChI is InChI=1S/C20H25N5OS2/c1-12(2)14(4)21-19(26)16-10-27-18(22-16)11-28-20-24-23-15(5)25(20)17-9-7-6-8-13(17)3/h6-10,12,14H,11H2,1-5H3,(H,21,26). The number of thioether (sulfide) groups is 1. The number of rotatable bonds is 7. The Bertz CT molecular complexity index is 963. The largest absolute Gasteiger partial charge is 0.348 e. The number of nitrogens with one attached hydrogen (secondary N) is 1. The summed E-state index contributed by atoms with van der Waals surface area (Å²) >= 11 is 3.07. The summed E-state index contributed by atoms with van der Waals surface area (Å²) in [5.74, 6) is 1.75. The van der Waals surface area contributed by atoms with E-state index in [9.17, 15) is 4.79 Å². The number of hydrogen-bond acceptors (Lipinski definition) is 6. The maximum absolute atomic E-state index is 12.3. The number of hydrogen-bond donors (Lipinski definition) is 1. The van der Waals surface area contributed by atoms with Crippen LogP contribution in [0.1, 0.15) is 47.7 Å². The van der Waals surface area contributed by atoms with Gasteiger partial charge < -0.3 is 5.32 Å². The first-order chi connectivity index (χ1) is 13.4. The lowest BCUT2D eigenvalue weighted by Crippen LogP contribution is -2.36. The second-order valence-corrected chi connectivity index (χ2v) is 8.96. The van der Waals surface area contributed by atoms with E-state index in [0.717, 1.165) is 21.7 Å². The first kappa shape index (κ1) is 20.5. The second-order valence-electron chi connectivity index (χ2n) is 7.07.